The van der Waals surface area contributed by atoms with E-state index in [9.17, 15) is 4.79 Å². The zero-order chi connectivity index (χ0) is 45.9. The standard InChI is InChI=1S/C49H70IN9O4Si/c1-32(2)64(33(3)4,35(6)50)62-31-36-19-20-37(28-43(36)61-27-26-56(10)11)59-46(29-44(55-59)49(7,8)9)52-47(60)51-41-22-23-42(40-18-13-12-17-39(40)41)63-38-21-24-45-53-54-48(58(45)30-38)57-25-15-14-16-34(57)5/h12-13,17-21,24,28-30,32-35,41-42H,14-16,22-23,25-27,31H2,1-11H3,(H2,51,52,60)/t34-,35?,41-,42+/m0/s1. The van der Waals surface area contributed by atoms with Crippen molar-refractivity contribution >= 4 is 54.4 Å². The van der Waals surface area contributed by atoms with Crippen LogP contribution in [0.2, 0.25) is 11.1 Å². The summed E-state index contributed by atoms with van der Waals surface area (Å²) in [6.07, 6.45) is 6.80. The van der Waals surface area contributed by atoms with Gasteiger partial charge in [-0.15, -0.1) is 10.2 Å². The first-order chi connectivity index (χ1) is 30.5. The average Bonchev–Trinajstić information content (AvgIpc) is 3.86. The van der Waals surface area contributed by atoms with Gasteiger partial charge in [0.2, 0.25) is 14.3 Å². The number of carbonyl (C=O) groups is 1. The van der Waals surface area contributed by atoms with E-state index >= 15 is 0 Å². The molecule has 15 heteroatoms. The summed E-state index contributed by atoms with van der Waals surface area (Å²) in [6, 6.07) is 20.3. The van der Waals surface area contributed by atoms with E-state index in [2.05, 4.69) is 144 Å². The number of amides is 2. The fourth-order valence-corrected chi connectivity index (χ4v) is 18.9. The molecule has 5 aromatic rings. The molecule has 2 aliphatic rings. The lowest BCUT2D eigenvalue weighted by atomic mass is 9.85. The van der Waals surface area contributed by atoms with Crippen molar-refractivity contribution in [1.82, 2.24) is 34.6 Å². The summed E-state index contributed by atoms with van der Waals surface area (Å²) in [5.74, 6) is 2.95. The number of halogens is 1. The van der Waals surface area contributed by atoms with Crippen LogP contribution in [0.5, 0.6) is 11.5 Å². The van der Waals surface area contributed by atoms with Gasteiger partial charge in [0.15, 0.2) is 5.65 Å². The number of hydrogen-bond donors (Lipinski definition) is 2. The molecule has 0 spiro atoms. The molecule has 4 atom stereocenters. The summed E-state index contributed by atoms with van der Waals surface area (Å²) in [4.78, 5) is 18.6. The average molecular weight is 1000 g/mol. The molecule has 1 saturated heterocycles. The number of ether oxygens (including phenoxy) is 2. The van der Waals surface area contributed by atoms with E-state index in [-0.39, 0.29) is 23.6 Å². The lowest BCUT2D eigenvalue weighted by Crippen LogP contribution is -2.51. The molecule has 1 aliphatic carbocycles. The van der Waals surface area contributed by atoms with Gasteiger partial charge in [-0.2, -0.15) is 5.10 Å². The van der Waals surface area contributed by atoms with Crippen molar-refractivity contribution in [3.05, 3.63) is 89.2 Å². The molecule has 2 amide bonds. The zero-order valence-electron chi connectivity index (χ0n) is 39.8. The van der Waals surface area contributed by atoms with Crippen molar-refractivity contribution in [1.29, 1.82) is 0 Å². The predicted molar refractivity (Wildman–Crippen MR) is 268 cm³/mol. The maximum absolute atomic E-state index is 14.1. The van der Waals surface area contributed by atoms with Crippen LogP contribution < -0.4 is 25.0 Å². The fourth-order valence-electron chi connectivity index (χ4n) is 9.55. The van der Waals surface area contributed by atoms with Crippen molar-refractivity contribution in [2.45, 2.75) is 139 Å². The lowest BCUT2D eigenvalue weighted by Gasteiger charge is -2.41. The van der Waals surface area contributed by atoms with E-state index < -0.39 is 8.32 Å². The Morgan fingerprint density at radius 1 is 0.953 bits per heavy atom. The SMILES string of the molecule is CC(C)[Si](OCc1ccc(-n2nc(C(C)(C)C)cc2NC(=O)N[C@H]2CC[C@@H](Oc3ccc4nnc(N5CCCC[C@@H]5C)n4c3)c3ccccc32)cc1OCCN(C)C)(C(C)C)C(C)I. The third-order valence-electron chi connectivity index (χ3n) is 13.2. The number of likely N-dealkylation sites (N-methyl/N-ethyl adjacent to an activating group) is 1. The van der Waals surface area contributed by atoms with Crippen LogP contribution in [-0.2, 0) is 16.4 Å². The number of rotatable bonds is 16. The van der Waals surface area contributed by atoms with Gasteiger partial charge >= 0.3 is 6.03 Å². The van der Waals surface area contributed by atoms with Gasteiger partial charge in [0.05, 0.1) is 30.2 Å². The Hall–Kier alpha value is -4.19. The second-order valence-electron chi connectivity index (χ2n) is 19.7. The van der Waals surface area contributed by atoms with Crippen molar-refractivity contribution < 1.29 is 18.7 Å². The van der Waals surface area contributed by atoms with Crippen LogP contribution in [0.4, 0.5) is 16.6 Å². The first-order valence-corrected chi connectivity index (χ1v) is 26.6. The first-order valence-electron chi connectivity index (χ1n) is 23.2. The molecule has 1 fully saturated rings. The van der Waals surface area contributed by atoms with E-state index in [0.717, 1.165) is 83.5 Å². The molecule has 7 rings (SSSR count). The number of nitrogens with one attached hydrogen (secondary N) is 2. The third kappa shape index (κ3) is 10.4. The van der Waals surface area contributed by atoms with E-state index in [1.807, 2.05) is 61.4 Å². The minimum atomic E-state index is -2.15. The number of benzene rings is 2. The summed E-state index contributed by atoms with van der Waals surface area (Å²) < 4.78 is 24.6. The largest absolute Gasteiger partial charge is 0.492 e. The van der Waals surface area contributed by atoms with Crippen molar-refractivity contribution in [3.8, 4) is 17.2 Å². The van der Waals surface area contributed by atoms with Gasteiger partial charge in [-0.25, -0.2) is 9.48 Å². The van der Waals surface area contributed by atoms with E-state index in [1.54, 1.807) is 0 Å². The van der Waals surface area contributed by atoms with Crippen LogP contribution in [0.3, 0.4) is 0 Å². The number of anilines is 2. The van der Waals surface area contributed by atoms with Gasteiger partial charge < -0.3 is 29.0 Å². The quantitative estimate of drug-likeness (QED) is 0.0565. The molecule has 13 nitrogen and oxygen atoms in total. The van der Waals surface area contributed by atoms with Gasteiger partial charge in [-0.3, -0.25) is 9.72 Å². The van der Waals surface area contributed by atoms with Gasteiger partial charge in [-0.1, -0.05) is 108 Å². The smallest absolute Gasteiger partial charge is 0.320 e. The number of pyridine rings is 1. The maximum atomic E-state index is 14.1. The molecular weight excluding hydrogens is 934 g/mol. The Balaban J connectivity index is 1.11. The molecule has 346 valence electrons. The highest BCUT2D eigenvalue weighted by Gasteiger charge is 2.46. The van der Waals surface area contributed by atoms with Crippen LogP contribution >= 0.6 is 22.6 Å². The molecular formula is C49H70IN9O4Si. The molecule has 64 heavy (non-hydrogen) atoms. The van der Waals surface area contributed by atoms with Crippen LogP contribution in [0, 0.1) is 0 Å². The van der Waals surface area contributed by atoms with E-state index in [4.69, 9.17) is 19.0 Å². The molecule has 0 saturated carbocycles. The number of fused-ring (bicyclic) bond motifs is 2. The third-order valence-corrected chi connectivity index (χ3v) is 21.6. The zero-order valence-corrected chi connectivity index (χ0v) is 43.0. The summed E-state index contributed by atoms with van der Waals surface area (Å²) in [5.41, 5.74) is 6.20. The first kappa shape index (κ1) is 47.8. The molecule has 2 aromatic carbocycles. The van der Waals surface area contributed by atoms with Crippen LogP contribution in [0.1, 0.15) is 129 Å². The highest BCUT2D eigenvalue weighted by atomic mass is 127. The van der Waals surface area contributed by atoms with Crippen LogP contribution in [0.15, 0.2) is 66.9 Å². The van der Waals surface area contributed by atoms with Crippen molar-refractivity contribution in [2.75, 3.05) is 44.0 Å². The summed E-state index contributed by atoms with van der Waals surface area (Å²) in [6.45, 7) is 22.9. The molecule has 2 N–H and O–H groups in total. The number of aromatic nitrogens is 5. The van der Waals surface area contributed by atoms with Gasteiger partial charge in [0.1, 0.15) is 30.0 Å². The second kappa shape index (κ2) is 20.1. The van der Waals surface area contributed by atoms with E-state index in [1.165, 1.54) is 6.42 Å². The Morgan fingerprint density at radius 3 is 2.39 bits per heavy atom. The highest BCUT2D eigenvalue weighted by Crippen LogP contribution is 2.42. The molecule has 4 heterocycles. The predicted octanol–water partition coefficient (Wildman–Crippen LogP) is 11.0. The molecule has 0 radical (unpaired) electrons. The topological polar surface area (TPSA) is 123 Å². The number of carbonyl (C=O) groups excluding carboxylic acids is 1. The minimum absolute atomic E-state index is 0.179. The number of piperidine rings is 1. The number of alkyl halides is 1. The minimum Gasteiger partial charge on any atom is -0.492 e. The fraction of sp³-hybridized carbons (Fsp3) is 0.551. The highest BCUT2D eigenvalue weighted by molar-refractivity contribution is 14.1. The second-order valence-corrected chi connectivity index (χ2v) is 27.9. The number of urea groups is 1. The monoisotopic (exact) mass is 1000 g/mol. The van der Waals surface area contributed by atoms with Gasteiger partial charge in [0.25, 0.3) is 0 Å². The van der Waals surface area contributed by atoms with Crippen molar-refractivity contribution in [2.24, 2.45) is 0 Å². The molecule has 1 aliphatic heterocycles. The summed E-state index contributed by atoms with van der Waals surface area (Å²) >= 11 is 2.57. The van der Waals surface area contributed by atoms with Gasteiger partial charge in [-0.05, 0) is 93.5 Å². The Kier molecular flexibility index (Phi) is 15.0. The molecule has 3 aromatic heterocycles. The normalized spacial score (nSPS) is 18.7. The molecule has 1 unspecified atom stereocenters. The van der Waals surface area contributed by atoms with Gasteiger partial charge in [0, 0.05) is 45.8 Å². The Labute approximate surface area is 395 Å². The summed E-state index contributed by atoms with van der Waals surface area (Å²) in [7, 11) is 1.94. The van der Waals surface area contributed by atoms with Crippen LogP contribution in [-0.4, -0.2) is 87.0 Å². The maximum Gasteiger partial charge on any atom is 0.320 e. The Bertz CT molecular complexity index is 2350. The molecule has 0 bridgehead atoms. The number of nitrogens with zero attached hydrogens (tertiary/aromatic N) is 7. The van der Waals surface area contributed by atoms with E-state index in [0.29, 0.717) is 46.1 Å². The van der Waals surface area contributed by atoms with Crippen molar-refractivity contribution in [3.63, 3.8) is 0 Å². The Morgan fingerprint density at radius 2 is 1.70 bits per heavy atom. The van der Waals surface area contributed by atoms with Crippen LogP contribution in [0.25, 0.3) is 11.3 Å². The number of hydrogen-bond acceptors (Lipinski definition) is 9. The summed E-state index contributed by atoms with van der Waals surface area (Å²) in [5, 5.41) is 20.6. The lowest BCUT2D eigenvalue weighted by molar-refractivity contribution is 0.171.